The smallest absolute Gasteiger partial charge is 0.416 e. The van der Waals surface area contributed by atoms with Crippen molar-refractivity contribution in [3.63, 3.8) is 0 Å². The first-order valence-electron chi connectivity index (χ1n) is 5.80. The first-order valence-corrected chi connectivity index (χ1v) is 9.21. The maximum absolute atomic E-state index is 12.3. The van der Waals surface area contributed by atoms with E-state index in [1.165, 1.54) is 12.1 Å². The molecule has 3 nitrogen and oxygen atoms in total. The Balaban J connectivity index is 2.82. The highest BCUT2D eigenvalue weighted by Gasteiger charge is 2.42. The lowest BCUT2D eigenvalue weighted by Crippen LogP contribution is -2.38. The molecule has 0 aliphatic carbocycles. The molecule has 0 amide bonds. The van der Waals surface area contributed by atoms with Crippen molar-refractivity contribution < 1.29 is 22.7 Å². The summed E-state index contributed by atoms with van der Waals surface area (Å²) in [4.78, 5) is 0. The van der Waals surface area contributed by atoms with E-state index in [1.54, 1.807) is 12.1 Å². The zero-order chi connectivity index (χ0) is 14.8. The van der Waals surface area contributed by atoms with Crippen LogP contribution >= 0.6 is 0 Å². The second-order valence-electron chi connectivity index (χ2n) is 5.30. The molecule has 0 heterocycles. The monoisotopic (exact) mass is 293 g/mol. The van der Waals surface area contributed by atoms with E-state index in [-0.39, 0.29) is 5.56 Å². The molecule has 1 aromatic rings. The largest absolute Gasteiger partial charge is 0.544 e. The van der Waals surface area contributed by atoms with Gasteiger partial charge in [-0.1, -0.05) is 12.1 Å². The van der Waals surface area contributed by atoms with Gasteiger partial charge in [0, 0.05) is 0 Å². The van der Waals surface area contributed by atoms with Crippen molar-refractivity contribution in [1.82, 2.24) is 0 Å². The topological polar surface area (TPSA) is 55.5 Å². The van der Waals surface area contributed by atoms with Crippen molar-refractivity contribution in [2.75, 3.05) is 0 Å². The van der Waals surface area contributed by atoms with Gasteiger partial charge in [0.2, 0.25) is 8.32 Å². The van der Waals surface area contributed by atoms with Crippen molar-refractivity contribution >= 4 is 8.32 Å². The van der Waals surface area contributed by atoms with Crippen LogP contribution in [0.3, 0.4) is 0 Å². The molecule has 2 atom stereocenters. The van der Waals surface area contributed by atoms with Gasteiger partial charge in [0.05, 0.1) is 6.04 Å². The van der Waals surface area contributed by atoms with Crippen molar-refractivity contribution in [3.05, 3.63) is 29.8 Å². The van der Waals surface area contributed by atoms with Gasteiger partial charge in [0.25, 0.3) is 0 Å². The van der Waals surface area contributed by atoms with Crippen LogP contribution in [0.15, 0.2) is 24.3 Å². The molecule has 0 bridgehead atoms. The first kappa shape index (κ1) is 16.0. The number of nitrogens with two attached hydrogens (primary N) is 1. The number of hydrogen-bond donors (Lipinski definition) is 2. The Kier molecular flexibility index (Phi) is 4.65. The number of alkyl halides is 3. The third kappa shape index (κ3) is 4.85. The predicted molar refractivity (Wildman–Crippen MR) is 69.4 cm³/mol. The van der Waals surface area contributed by atoms with E-state index in [0.29, 0.717) is 5.75 Å². The lowest BCUT2D eigenvalue weighted by molar-refractivity contribution is -0.210. The molecule has 0 unspecified atom stereocenters. The van der Waals surface area contributed by atoms with Crippen LogP contribution in [0.25, 0.3) is 0 Å². The number of aliphatic hydroxyl groups excluding tert-OH is 1. The Hall–Kier alpha value is -1.05. The Morgan fingerprint density at radius 1 is 1.16 bits per heavy atom. The molecule has 19 heavy (non-hydrogen) atoms. The Morgan fingerprint density at radius 3 is 2.00 bits per heavy atom. The zero-order valence-electron chi connectivity index (χ0n) is 11.0. The second-order valence-corrected chi connectivity index (χ2v) is 9.72. The van der Waals surface area contributed by atoms with E-state index in [0.717, 1.165) is 0 Å². The molecular formula is C12H18F3NO2Si. The third-order valence-corrected chi connectivity index (χ3v) is 3.21. The van der Waals surface area contributed by atoms with Crippen molar-refractivity contribution in [1.29, 1.82) is 0 Å². The molecule has 0 aliphatic rings. The van der Waals surface area contributed by atoms with Gasteiger partial charge in [-0.25, -0.2) is 0 Å². The lowest BCUT2D eigenvalue weighted by Gasteiger charge is -2.23. The van der Waals surface area contributed by atoms with E-state index < -0.39 is 26.6 Å². The molecule has 0 saturated heterocycles. The van der Waals surface area contributed by atoms with Gasteiger partial charge in [0.1, 0.15) is 5.75 Å². The molecular weight excluding hydrogens is 275 g/mol. The van der Waals surface area contributed by atoms with Crippen LogP contribution in [-0.4, -0.2) is 25.7 Å². The van der Waals surface area contributed by atoms with E-state index in [9.17, 15) is 13.2 Å². The Morgan fingerprint density at radius 2 is 1.63 bits per heavy atom. The summed E-state index contributed by atoms with van der Waals surface area (Å²) in [6.45, 7) is 6.00. The van der Waals surface area contributed by atoms with Crippen LogP contribution in [0.4, 0.5) is 13.2 Å². The normalized spacial score (nSPS) is 16.0. The summed E-state index contributed by atoms with van der Waals surface area (Å²) in [5.74, 6) is 0.594. The van der Waals surface area contributed by atoms with E-state index in [1.807, 2.05) is 19.6 Å². The minimum atomic E-state index is -4.73. The highest BCUT2D eigenvalue weighted by molar-refractivity contribution is 6.70. The standard InChI is InChI=1S/C12H18F3NO2Si/c1-19(2,3)18-9-6-4-8(5-7-9)10(16)11(17)12(13,14)15/h4-7,10-11,17H,16H2,1-3H3/t10-,11-/m0/s1. The molecule has 7 heteroatoms. The highest BCUT2D eigenvalue weighted by atomic mass is 28.4. The van der Waals surface area contributed by atoms with E-state index in [2.05, 4.69) is 0 Å². The second kappa shape index (κ2) is 5.52. The van der Waals surface area contributed by atoms with Crippen molar-refractivity contribution in [2.24, 2.45) is 5.73 Å². The zero-order valence-corrected chi connectivity index (χ0v) is 12.0. The van der Waals surface area contributed by atoms with Gasteiger partial charge >= 0.3 is 6.18 Å². The number of rotatable bonds is 4. The number of aliphatic hydroxyl groups is 1. The first-order chi connectivity index (χ1) is 8.50. The van der Waals surface area contributed by atoms with Crippen LogP contribution < -0.4 is 10.2 Å². The molecule has 0 aromatic heterocycles. The van der Waals surface area contributed by atoms with Gasteiger partial charge in [-0.2, -0.15) is 13.2 Å². The summed E-state index contributed by atoms with van der Waals surface area (Å²) in [7, 11) is -1.75. The van der Waals surface area contributed by atoms with Gasteiger partial charge in [0.15, 0.2) is 6.10 Å². The minimum absolute atomic E-state index is 0.216. The molecule has 0 spiro atoms. The fourth-order valence-corrected chi connectivity index (χ4v) is 2.34. The van der Waals surface area contributed by atoms with Gasteiger partial charge in [-0.3, -0.25) is 0 Å². The molecule has 0 radical (unpaired) electrons. The van der Waals surface area contributed by atoms with Crippen LogP contribution in [-0.2, 0) is 0 Å². The molecule has 0 saturated carbocycles. The molecule has 3 N–H and O–H groups in total. The maximum Gasteiger partial charge on any atom is 0.416 e. The fraction of sp³-hybridized carbons (Fsp3) is 0.500. The fourth-order valence-electron chi connectivity index (χ4n) is 1.50. The van der Waals surface area contributed by atoms with Crippen LogP contribution in [0, 0.1) is 0 Å². The Labute approximate surface area is 111 Å². The molecule has 0 fully saturated rings. The average molecular weight is 293 g/mol. The summed E-state index contributed by atoms with van der Waals surface area (Å²) < 4.78 is 42.7. The van der Waals surface area contributed by atoms with Gasteiger partial charge in [-0.15, -0.1) is 0 Å². The number of hydrogen-bond acceptors (Lipinski definition) is 3. The average Bonchev–Trinajstić information content (AvgIpc) is 2.24. The van der Waals surface area contributed by atoms with Crippen LogP contribution in [0.1, 0.15) is 11.6 Å². The number of halogens is 3. The maximum atomic E-state index is 12.3. The lowest BCUT2D eigenvalue weighted by atomic mass is 10.0. The quantitative estimate of drug-likeness (QED) is 0.839. The van der Waals surface area contributed by atoms with Crippen molar-refractivity contribution in [3.8, 4) is 5.75 Å². The highest BCUT2D eigenvalue weighted by Crippen LogP contribution is 2.29. The summed E-state index contributed by atoms with van der Waals surface area (Å²) >= 11 is 0. The molecule has 1 aromatic carbocycles. The van der Waals surface area contributed by atoms with E-state index in [4.69, 9.17) is 15.3 Å². The SMILES string of the molecule is C[Si](C)(C)Oc1ccc([C@H](N)[C@H](O)C(F)(F)F)cc1. The summed E-state index contributed by atoms with van der Waals surface area (Å²) in [6.07, 6.45) is -7.30. The summed E-state index contributed by atoms with van der Waals surface area (Å²) in [5, 5.41) is 9.09. The minimum Gasteiger partial charge on any atom is -0.544 e. The van der Waals surface area contributed by atoms with Crippen LogP contribution in [0.5, 0.6) is 5.75 Å². The molecule has 108 valence electrons. The van der Waals surface area contributed by atoms with Gasteiger partial charge < -0.3 is 15.3 Å². The van der Waals surface area contributed by atoms with Gasteiger partial charge in [-0.05, 0) is 37.3 Å². The summed E-state index contributed by atoms with van der Waals surface area (Å²) in [6, 6.07) is 4.51. The van der Waals surface area contributed by atoms with E-state index >= 15 is 0 Å². The van der Waals surface area contributed by atoms with Crippen molar-refractivity contribution in [2.45, 2.75) is 38.0 Å². The molecule has 0 aliphatic heterocycles. The van der Waals surface area contributed by atoms with Crippen LogP contribution in [0.2, 0.25) is 19.6 Å². The third-order valence-electron chi connectivity index (χ3n) is 2.36. The molecule has 1 rings (SSSR count). The predicted octanol–water partition coefficient (Wildman–Crippen LogP) is 2.82. The summed E-state index contributed by atoms with van der Waals surface area (Å²) in [5.41, 5.74) is 5.62. The number of benzene rings is 1. The Bertz CT molecular complexity index is 414.